The van der Waals surface area contributed by atoms with Crippen LogP contribution in [-0.2, 0) is 0 Å². The zero-order valence-corrected chi connectivity index (χ0v) is 102. The number of hydrogen-bond acceptors (Lipinski definition) is 0. The lowest BCUT2D eigenvalue weighted by molar-refractivity contribution is 0.504. The Kier molecular flexibility index (Phi) is 142. The standard InChI is InChI=1S/C143H288/c1-3-5-7-9-11-13-15-17-19-21-23-25-27-29-31-33-35-37-39-41-43-45-47-49-51-53-55-57-59-61-63-65-67-69-71-73-75-77-79-81-83-85-87-89-91-93-95-97-99-101-103-105-107-109-111-113-115-117-119-121-123-125-127-129-131-133-135-137-139-141-143-142-140-138-136-134-132-130-128-126-124-122-120-118-116-114-112-110-108-106-104-102-100-98-96-94-92-90-88-86-84-82-80-78-76-74-72-70-68-66-64-62-60-58-56-54-52-50-48-46-44-42-40-38-36-34-32-30-28-26-24-22-20-18-16-14-12-10-8-6-4-2/h3-143H2,1-2H3. The molecule has 0 saturated carbocycles. The van der Waals surface area contributed by atoms with Crippen LogP contribution < -0.4 is 0 Å². The van der Waals surface area contributed by atoms with Crippen LogP contribution in [0.5, 0.6) is 0 Å². The second kappa shape index (κ2) is 142. The van der Waals surface area contributed by atoms with Crippen LogP contribution in [0, 0.1) is 0 Å². The van der Waals surface area contributed by atoms with Gasteiger partial charge in [0.25, 0.3) is 0 Å². The maximum Gasteiger partial charge on any atom is -0.0533 e. The van der Waals surface area contributed by atoms with Crippen molar-refractivity contribution in [2.24, 2.45) is 0 Å². The molecule has 0 aromatic rings. The molecule has 0 radical (unpaired) electrons. The van der Waals surface area contributed by atoms with Crippen LogP contribution in [0.4, 0.5) is 0 Å². The average Bonchev–Trinajstić information content (AvgIpc) is 1.11. The Morgan fingerprint density at radius 2 is 0.0559 bits per heavy atom. The van der Waals surface area contributed by atoms with Crippen LogP contribution in [0.2, 0.25) is 0 Å². The summed E-state index contributed by atoms with van der Waals surface area (Å²) in [6, 6.07) is 0. The van der Waals surface area contributed by atoms with E-state index < -0.39 is 0 Å². The Bertz CT molecular complexity index is 1680. The molecule has 0 aliphatic rings. The summed E-state index contributed by atoms with van der Waals surface area (Å²) in [6.45, 7) is 4.64. The van der Waals surface area contributed by atoms with Gasteiger partial charge in [0.15, 0.2) is 0 Å². The molecule has 0 aromatic heterocycles. The van der Waals surface area contributed by atoms with Crippen molar-refractivity contribution in [1.29, 1.82) is 0 Å². The predicted octanol–water partition coefficient (Wildman–Crippen LogP) is 56.0. The second-order valence-electron chi connectivity index (χ2n) is 50.1. The van der Waals surface area contributed by atoms with Crippen LogP contribution in [0.15, 0.2) is 0 Å². The van der Waals surface area contributed by atoms with Crippen molar-refractivity contribution in [2.75, 3.05) is 0 Å². The summed E-state index contributed by atoms with van der Waals surface area (Å²) in [5, 5.41) is 0. The molecule has 0 heterocycles. The van der Waals surface area contributed by atoms with Gasteiger partial charge in [0, 0.05) is 0 Å². The van der Waals surface area contributed by atoms with Gasteiger partial charge in [-0.2, -0.15) is 0 Å². The summed E-state index contributed by atoms with van der Waals surface area (Å²) in [4.78, 5) is 0. The molecule has 0 nitrogen and oxygen atoms in total. The Balaban J connectivity index is 3.11. The normalized spacial score (nSPS) is 11.9. The predicted molar refractivity (Wildman–Crippen MR) is 662 cm³/mol. The van der Waals surface area contributed by atoms with Gasteiger partial charge in [-0.05, 0) is 0 Å². The Morgan fingerprint density at radius 1 is 0.0350 bits per heavy atom. The topological polar surface area (TPSA) is 0 Å². The molecular formula is C143H288. The van der Waals surface area contributed by atoms with E-state index in [1.54, 1.807) is 0 Å². The zero-order chi connectivity index (χ0) is 102. The summed E-state index contributed by atoms with van der Waals surface area (Å²) in [5.74, 6) is 0. The van der Waals surface area contributed by atoms with Gasteiger partial charge in [-0.25, -0.2) is 0 Å². The fourth-order valence-corrected chi connectivity index (χ4v) is 24.7. The lowest BCUT2D eigenvalue weighted by Crippen LogP contribution is -1.85. The summed E-state index contributed by atoms with van der Waals surface area (Å²) < 4.78 is 0. The molecule has 0 fully saturated rings. The van der Waals surface area contributed by atoms with E-state index in [2.05, 4.69) is 13.8 Å². The third-order valence-electron chi connectivity index (χ3n) is 35.2. The minimum Gasteiger partial charge on any atom is -0.0654 e. The Morgan fingerprint density at radius 3 is 0.0769 bits per heavy atom. The van der Waals surface area contributed by atoms with E-state index in [4.69, 9.17) is 0 Å². The molecule has 0 saturated heterocycles. The lowest BCUT2D eigenvalue weighted by Gasteiger charge is -2.05. The van der Waals surface area contributed by atoms with Gasteiger partial charge in [-0.3, -0.25) is 0 Å². The summed E-state index contributed by atoms with van der Waals surface area (Å²) >= 11 is 0. The van der Waals surface area contributed by atoms with Crippen molar-refractivity contribution in [3.8, 4) is 0 Å². The molecule has 0 aliphatic heterocycles. The maximum atomic E-state index is 2.32. The van der Waals surface area contributed by atoms with Gasteiger partial charge in [-0.1, -0.05) is 919 Å². The number of unbranched alkanes of at least 4 members (excludes halogenated alkanes) is 140. The van der Waals surface area contributed by atoms with Crippen molar-refractivity contribution < 1.29 is 0 Å². The minimum absolute atomic E-state index is 1.37. The molecule has 0 heteroatoms. The average molecular weight is 2010 g/mol. The molecule has 143 heavy (non-hydrogen) atoms. The molecule has 0 unspecified atom stereocenters. The van der Waals surface area contributed by atoms with Gasteiger partial charge >= 0.3 is 0 Å². The monoisotopic (exact) mass is 2010 g/mol. The summed E-state index contributed by atoms with van der Waals surface area (Å²) in [7, 11) is 0. The molecular weight excluding hydrogens is 1720 g/mol. The zero-order valence-electron chi connectivity index (χ0n) is 102. The number of rotatable bonds is 140. The fraction of sp³-hybridized carbons (Fsp3) is 1.00. The quantitative estimate of drug-likeness (QED) is 0.0533. The fourth-order valence-electron chi connectivity index (χ4n) is 24.7. The van der Waals surface area contributed by atoms with E-state index in [-0.39, 0.29) is 0 Å². The van der Waals surface area contributed by atoms with E-state index in [0.717, 1.165) is 0 Å². The molecule has 0 atom stereocenters. The molecule has 0 N–H and O–H groups in total. The van der Waals surface area contributed by atoms with Gasteiger partial charge in [0.05, 0.1) is 0 Å². The van der Waals surface area contributed by atoms with Gasteiger partial charge < -0.3 is 0 Å². The summed E-state index contributed by atoms with van der Waals surface area (Å²) in [6.07, 6.45) is 211. The molecule has 0 aromatic carbocycles. The maximum absolute atomic E-state index is 2.32. The molecule has 0 bridgehead atoms. The highest BCUT2D eigenvalue weighted by Crippen LogP contribution is 2.28. The van der Waals surface area contributed by atoms with Crippen molar-refractivity contribution in [3.63, 3.8) is 0 Å². The number of hydrogen-bond donors (Lipinski definition) is 0. The molecule has 860 valence electrons. The van der Waals surface area contributed by atoms with Crippen molar-refractivity contribution >= 4 is 0 Å². The lowest BCUT2D eigenvalue weighted by atomic mass is 10.0. The van der Waals surface area contributed by atoms with Gasteiger partial charge in [0.1, 0.15) is 0 Å². The Labute approximate surface area is 913 Å². The van der Waals surface area contributed by atoms with Crippen LogP contribution >= 0.6 is 0 Å². The third-order valence-corrected chi connectivity index (χ3v) is 35.2. The largest absolute Gasteiger partial charge is 0.0654 e. The molecule has 0 rings (SSSR count). The van der Waals surface area contributed by atoms with E-state index in [1.807, 2.05) is 0 Å². The highest BCUT2D eigenvalue weighted by atomic mass is 14.1. The molecule has 0 amide bonds. The first-order chi connectivity index (χ1) is 71.4. The summed E-state index contributed by atoms with van der Waals surface area (Å²) in [5.41, 5.74) is 0. The van der Waals surface area contributed by atoms with Gasteiger partial charge in [-0.15, -0.1) is 0 Å². The highest BCUT2D eigenvalue weighted by molar-refractivity contribution is 4.64. The van der Waals surface area contributed by atoms with Crippen molar-refractivity contribution in [1.82, 2.24) is 0 Å². The SMILES string of the molecule is CCCCCCCCCCCCCCCCCCCCCCCCCCCCCCCCCCCCCCCCCCCCCCCCCCCCCCCCCCCCCCCCCCCCCCCCCCCCCCCCCCCCCCCCCCCCCCCCCCCCCCCCCCCCCCCCCCCCCCCCCCCCCCCCCCCCCCCCCCCCCCC. The van der Waals surface area contributed by atoms with E-state index in [0.29, 0.717) is 0 Å². The smallest absolute Gasteiger partial charge is 0.0533 e. The minimum atomic E-state index is 1.37. The van der Waals surface area contributed by atoms with E-state index in [1.165, 1.54) is 905 Å². The second-order valence-corrected chi connectivity index (χ2v) is 50.1. The first-order valence-corrected chi connectivity index (χ1v) is 71.4. The van der Waals surface area contributed by atoms with Gasteiger partial charge in [0.2, 0.25) is 0 Å². The van der Waals surface area contributed by atoms with Crippen LogP contribution in [0.3, 0.4) is 0 Å². The van der Waals surface area contributed by atoms with Crippen molar-refractivity contribution in [3.05, 3.63) is 0 Å². The Hall–Kier alpha value is 0. The first kappa shape index (κ1) is 143. The van der Waals surface area contributed by atoms with E-state index >= 15 is 0 Å². The van der Waals surface area contributed by atoms with Crippen molar-refractivity contribution in [2.45, 2.75) is 919 Å². The third kappa shape index (κ3) is 142. The van der Waals surface area contributed by atoms with E-state index in [9.17, 15) is 0 Å². The van der Waals surface area contributed by atoms with Crippen LogP contribution in [0.25, 0.3) is 0 Å². The molecule has 0 aliphatic carbocycles. The highest BCUT2D eigenvalue weighted by Gasteiger charge is 2.08. The van der Waals surface area contributed by atoms with Crippen LogP contribution in [0.1, 0.15) is 919 Å². The van der Waals surface area contributed by atoms with Crippen LogP contribution in [-0.4, -0.2) is 0 Å². The molecule has 0 spiro atoms. The first-order valence-electron chi connectivity index (χ1n) is 71.4.